The maximum atomic E-state index is 13.4. The van der Waals surface area contributed by atoms with E-state index in [-0.39, 0.29) is 11.7 Å². The lowest BCUT2D eigenvalue weighted by molar-refractivity contribution is -0.116. The highest BCUT2D eigenvalue weighted by Crippen LogP contribution is 2.29. The van der Waals surface area contributed by atoms with Crippen molar-refractivity contribution in [3.05, 3.63) is 82.1 Å². The molecule has 0 unspecified atom stereocenters. The second-order valence-corrected chi connectivity index (χ2v) is 8.33. The highest BCUT2D eigenvalue weighted by Gasteiger charge is 2.18. The fourth-order valence-electron chi connectivity index (χ4n) is 4.19. The number of fused-ring (bicyclic) bond motifs is 1. The molecule has 1 amide bonds. The van der Waals surface area contributed by atoms with Crippen LogP contribution in [0.15, 0.2) is 42.5 Å². The number of anilines is 1. The first kappa shape index (κ1) is 21.7. The fraction of sp³-hybridized carbons (Fsp3) is 0.269. The van der Waals surface area contributed by atoms with E-state index in [2.05, 4.69) is 16.5 Å². The van der Waals surface area contributed by atoms with Crippen LogP contribution in [0.4, 0.5) is 10.1 Å². The van der Waals surface area contributed by atoms with Crippen molar-refractivity contribution in [2.45, 2.75) is 47.5 Å². The second kappa shape index (κ2) is 8.54. The maximum Gasteiger partial charge on any atom is 0.224 e. The summed E-state index contributed by atoms with van der Waals surface area (Å²) in [6, 6.07) is 12.4. The minimum Gasteiger partial charge on any atom is -0.326 e. The zero-order valence-electron chi connectivity index (χ0n) is 19.1. The van der Waals surface area contributed by atoms with Crippen LogP contribution in [0.3, 0.4) is 0 Å². The number of carbonyl (C=O) groups is 1. The van der Waals surface area contributed by atoms with Gasteiger partial charge in [-0.2, -0.15) is 5.10 Å². The summed E-state index contributed by atoms with van der Waals surface area (Å²) >= 11 is 0. The van der Waals surface area contributed by atoms with Crippen LogP contribution >= 0.6 is 0 Å². The number of halogens is 1. The van der Waals surface area contributed by atoms with Gasteiger partial charge in [-0.15, -0.1) is 0 Å². The third-order valence-corrected chi connectivity index (χ3v) is 5.89. The van der Waals surface area contributed by atoms with E-state index in [9.17, 15) is 9.18 Å². The Morgan fingerprint density at radius 3 is 2.41 bits per heavy atom. The largest absolute Gasteiger partial charge is 0.326 e. The fourth-order valence-corrected chi connectivity index (χ4v) is 4.19. The van der Waals surface area contributed by atoms with E-state index >= 15 is 0 Å². The third kappa shape index (κ3) is 4.13. The Hall–Kier alpha value is -3.54. The molecule has 0 fully saturated rings. The zero-order chi connectivity index (χ0) is 23.0. The molecular weight excluding hydrogens is 403 g/mol. The minimum absolute atomic E-state index is 0.0282. The van der Waals surface area contributed by atoms with Gasteiger partial charge in [0.25, 0.3) is 0 Å². The summed E-state index contributed by atoms with van der Waals surface area (Å²) < 4.78 is 15.2. The molecule has 164 valence electrons. The minimum atomic E-state index is -0.274. The Kier molecular flexibility index (Phi) is 5.78. The van der Waals surface area contributed by atoms with Crippen LogP contribution in [0.2, 0.25) is 0 Å². The van der Waals surface area contributed by atoms with E-state index in [1.54, 1.807) is 12.1 Å². The van der Waals surface area contributed by atoms with E-state index in [0.717, 1.165) is 50.7 Å². The molecule has 0 saturated carbocycles. The van der Waals surface area contributed by atoms with E-state index in [1.165, 1.54) is 17.7 Å². The Labute approximate surface area is 187 Å². The molecule has 4 rings (SSSR count). The Morgan fingerprint density at radius 2 is 1.72 bits per heavy atom. The molecule has 0 radical (unpaired) electrons. The van der Waals surface area contributed by atoms with Gasteiger partial charge in [-0.25, -0.2) is 13.9 Å². The summed E-state index contributed by atoms with van der Waals surface area (Å²) in [5.74, 6) is -0.302. The molecule has 0 bridgehead atoms. The molecule has 32 heavy (non-hydrogen) atoms. The third-order valence-electron chi connectivity index (χ3n) is 5.89. The van der Waals surface area contributed by atoms with Crippen LogP contribution in [0.5, 0.6) is 0 Å². The van der Waals surface area contributed by atoms with Crippen molar-refractivity contribution in [2.75, 3.05) is 5.32 Å². The molecule has 1 N–H and O–H groups in total. The zero-order valence-corrected chi connectivity index (χ0v) is 19.1. The van der Waals surface area contributed by atoms with Crippen molar-refractivity contribution < 1.29 is 9.18 Å². The van der Waals surface area contributed by atoms with Crippen LogP contribution in [-0.4, -0.2) is 20.5 Å². The SMILES string of the molecule is Cc1ccc(NC(=O)CCc2c(C)nc3c(-c4ccc(F)cc4)c(C)nn3c2C)c(C)c1. The number of hydrogen-bond donors (Lipinski definition) is 1. The average molecular weight is 431 g/mol. The predicted octanol–water partition coefficient (Wildman–Crippen LogP) is 5.65. The summed E-state index contributed by atoms with van der Waals surface area (Å²) in [5, 5.41) is 7.70. The van der Waals surface area contributed by atoms with Crippen LogP contribution in [0, 0.1) is 40.4 Å². The topological polar surface area (TPSA) is 59.3 Å². The van der Waals surface area contributed by atoms with Crippen molar-refractivity contribution in [1.29, 1.82) is 0 Å². The molecule has 2 aromatic carbocycles. The van der Waals surface area contributed by atoms with E-state index < -0.39 is 0 Å². The normalized spacial score (nSPS) is 11.2. The van der Waals surface area contributed by atoms with Crippen LogP contribution in [-0.2, 0) is 11.2 Å². The van der Waals surface area contributed by atoms with Gasteiger partial charge in [-0.05, 0) is 75.9 Å². The molecule has 0 saturated heterocycles. The molecule has 6 heteroatoms. The number of carbonyl (C=O) groups excluding carboxylic acids is 1. The number of rotatable bonds is 5. The Morgan fingerprint density at radius 1 is 1.00 bits per heavy atom. The van der Waals surface area contributed by atoms with Crippen LogP contribution in [0.25, 0.3) is 16.8 Å². The molecule has 5 nitrogen and oxygen atoms in total. The summed E-state index contributed by atoms with van der Waals surface area (Å²) in [7, 11) is 0. The number of aromatic nitrogens is 3. The average Bonchev–Trinajstić information content (AvgIpc) is 3.06. The van der Waals surface area contributed by atoms with E-state index in [0.29, 0.717) is 12.8 Å². The van der Waals surface area contributed by atoms with Crippen molar-refractivity contribution >= 4 is 17.2 Å². The second-order valence-electron chi connectivity index (χ2n) is 8.33. The van der Waals surface area contributed by atoms with Crippen molar-refractivity contribution in [2.24, 2.45) is 0 Å². The quantitative estimate of drug-likeness (QED) is 0.445. The summed E-state index contributed by atoms with van der Waals surface area (Å²) in [6.07, 6.45) is 0.926. The highest BCUT2D eigenvalue weighted by atomic mass is 19.1. The van der Waals surface area contributed by atoms with E-state index in [4.69, 9.17) is 4.98 Å². The summed E-state index contributed by atoms with van der Waals surface area (Å²) in [5.41, 5.74) is 9.26. The number of aryl methyl sites for hydroxylation is 5. The number of hydrogen-bond acceptors (Lipinski definition) is 3. The number of nitrogens with zero attached hydrogens (tertiary/aromatic N) is 3. The highest BCUT2D eigenvalue weighted by molar-refractivity contribution is 5.91. The van der Waals surface area contributed by atoms with Gasteiger partial charge in [-0.3, -0.25) is 4.79 Å². The van der Waals surface area contributed by atoms with Crippen LogP contribution in [0.1, 0.15) is 40.2 Å². The standard InChI is InChI=1S/C26H27FN4O/c1-15-6-12-23(16(2)14-15)29-24(32)13-11-22-17(3)28-26-25(18(4)30-31(26)19(22)5)20-7-9-21(27)10-8-20/h6-10,12,14H,11,13H2,1-5H3,(H,29,32). The lowest BCUT2D eigenvalue weighted by Gasteiger charge is -2.13. The molecular formula is C26H27FN4O. The maximum absolute atomic E-state index is 13.4. The Bertz CT molecular complexity index is 1320. The molecule has 2 aromatic heterocycles. The molecule has 0 atom stereocenters. The van der Waals surface area contributed by atoms with Gasteiger partial charge in [0.1, 0.15) is 5.82 Å². The number of amides is 1. The van der Waals surface area contributed by atoms with Crippen molar-refractivity contribution in [3.63, 3.8) is 0 Å². The monoisotopic (exact) mass is 430 g/mol. The first-order valence-electron chi connectivity index (χ1n) is 10.7. The lowest BCUT2D eigenvalue weighted by Crippen LogP contribution is -2.15. The molecule has 0 aliphatic carbocycles. The van der Waals surface area contributed by atoms with Gasteiger partial charge >= 0.3 is 0 Å². The number of nitrogens with one attached hydrogen (secondary N) is 1. The first-order valence-corrected chi connectivity index (χ1v) is 10.7. The van der Waals surface area contributed by atoms with Crippen LogP contribution < -0.4 is 5.32 Å². The molecule has 2 heterocycles. The van der Waals surface area contributed by atoms with Gasteiger partial charge in [0.2, 0.25) is 5.91 Å². The number of benzene rings is 2. The smallest absolute Gasteiger partial charge is 0.224 e. The summed E-state index contributed by atoms with van der Waals surface area (Å²) in [4.78, 5) is 17.4. The van der Waals surface area contributed by atoms with Crippen molar-refractivity contribution in [1.82, 2.24) is 14.6 Å². The van der Waals surface area contributed by atoms with Gasteiger partial charge in [-0.1, -0.05) is 29.8 Å². The van der Waals surface area contributed by atoms with Gasteiger partial charge in [0.05, 0.1) is 5.69 Å². The predicted molar refractivity (Wildman–Crippen MR) is 125 cm³/mol. The first-order chi connectivity index (χ1) is 15.2. The van der Waals surface area contributed by atoms with Gasteiger partial charge in [0.15, 0.2) is 5.65 Å². The molecule has 0 spiro atoms. The molecule has 4 aromatic rings. The molecule has 0 aliphatic heterocycles. The van der Waals surface area contributed by atoms with Crippen molar-refractivity contribution in [3.8, 4) is 11.1 Å². The molecule has 0 aliphatic rings. The van der Waals surface area contributed by atoms with E-state index in [1.807, 2.05) is 51.3 Å². The van der Waals surface area contributed by atoms with Gasteiger partial charge < -0.3 is 5.32 Å². The lowest BCUT2D eigenvalue weighted by atomic mass is 10.0. The Balaban J connectivity index is 1.60. The van der Waals surface area contributed by atoms with Gasteiger partial charge in [0, 0.05) is 29.1 Å². The summed E-state index contributed by atoms with van der Waals surface area (Å²) in [6.45, 7) is 9.92.